The number of amides is 1. The number of benzene rings is 3. The maximum Gasteiger partial charge on any atom is 0.256 e. The molecule has 7 nitrogen and oxygen atoms in total. The maximum atomic E-state index is 14.0. The minimum Gasteiger partial charge on any atom is -0.378 e. The van der Waals surface area contributed by atoms with E-state index in [9.17, 15) is 4.79 Å². The molecule has 5 aromatic rings. The fourth-order valence-corrected chi connectivity index (χ4v) is 5.22. The highest BCUT2D eigenvalue weighted by molar-refractivity contribution is 6.07. The van der Waals surface area contributed by atoms with Crippen LogP contribution < -0.4 is 0 Å². The summed E-state index contributed by atoms with van der Waals surface area (Å²) in [6, 6.07) is 24.2. The van der Waals surface area contributed by atoms with E-state index < -0.39 is 0 Å². The number of hydrogen-bond acceptors (Lipinski definition) is 4. The summed E-state index contributed by atoms with van der Waals surface area (Å²) in [7, 11) is 0. The molecule has 2 aromatic heterocycles. The van der Waals surface area contributed by atoms with E-state index in [0.717, 1.165) is 39.0 Å². The van der Waals surface area contributed by atoms with E-state index in [1.165, 1.54) is 0 Å². The third-order valence-corrected chi connectivity index (χ3v) is 7.22. The lowest BCUT2D eigenvalue weighted by Gasteiger charge is -2.27. The van der Waals surface area contributed by atoms with Crippen LogP contribution in [0.25, 0.3) is 27.7 Å². The number of nitrogens with zero attached hydrogens (tertiary/aromatic N) is 5. The highest BCUT2D eigenvalue weighted by atomic mass is 16.5. The smallest absolute Gasteiger partial charge is 0.256 e. The Morgan fingerprint density at radius 1 is 1.00 bits per heavy atom. The summed E-state index contributed by atoms with van der Waals surface area (Å²) in [6.07, 6.45) is 5.69. The Bertz CT molecular complexity index is 1660. The Morgan fingerprint density at radius 3 is 2.55 bits per heavy atom. The van der Waals surface area contributed by atoms with Crippen molar-refractivity contribution < 1.29 is 9.53 Å². The van der Waals surface area contributed by atoms with Crippen molar-refractivity contribution in [1.82, 2.24) is 19.0 Å². The molecule has 38 heavy (non-hydrogen) atoms. The van der Waals surface area contributed by atoms with Gasteiger partial charge in [0.1, 0.15) is 5.82 Å². The number of fused-ring (bicyclic) bond motifs is 1. The first kappa shape index (κ1) is 23.7. The largest absolute Gasteiger partial charge is 0.378 e. The summed E-state index contributed by atoms with van der Waals surface area (Å²) in [6.45, 7) is 4.85. The monoisotopic (exact) mass is 501 g/mol. The highest BCUT2D eigenvalue weighted by Gasteiger charge is 2.28. The molecule has 1 aliphatic rings. The minimum absolute atomic E-state index is 0.0191. The molecule has 6 rings (SSSR count). The molecule has 0 bridgehead atoms. The van der Waals surface area contributed by atoms with Crippen LogP contribution in [0.5, 0.6) is 0 Å². The van der Waals surface area contributed by atoms with Gasteiger partial charge >= 0.3 is 0 Å². The molecule has 0 unspecified atom stereocenters. The van der Waals surface area contributed by atoms with Crippen LogP contribution in [-0.4, -0.2) is 51.2 Å². The second-order valence-corrected chi connectivity index (χ2v) is 9.49. The first-order valence-electron chi connectivity index (χ1n) is 12.7. The SMILES string of the molecule is Cc1c(C(=O)N2CCOCC2)c(-c2cccc3ccccc23)cn1-c1cncn1Cc1ccc(C#N)cc1. The zero-order chi connectivity index (χ0) is 26.1. The van der Waals surface area contributed by atoms with Crippen molar-refractivity contribution in [2.75, 3.05) is 26.3 Å². The number of rotatable bonds is 5. The molecule has 3 heterocycles. The Labute approximate surface area is 221 Å². The molecule has 0 N–H and O–H groups in total. The lowest BCUT2D eigenvalue weighted by Crippen LogP contribution is -2.41. The molecule has 188 valence electrons. The molecule has 1 amide bonds. The van der Waals surface area contributed by atoms with Crippen molar-refractivity contribution in [3.8, 4) is 23.0 Å². The third-order valence-electron chi connectivity index (χ3n) is 7.22. The first-order chi connectivity index (χ1) is 18.6. The standard InChI is InChI=1S/C31H27N5O2/c1-22-30(31(37)34-13-15-38-16-14-34)28(27-8-4-6-25-5-2-3-7-26(25)27)20-36(22)29-18-33-21-35(29)19-24-11-9-23(17-32)10-12-24/h2-12,18,20-21H,13-16,19H2,1H3. The van der Waals surface area contributed by atoms with E-state index in [4.69, 9.17) is 10.00 Å². The maximum absolute atomic E-state index is 14.0. The molecule has 1 saturated heterocycles. The normalized spacial score (nSPS) is 13.5. The third kappa shape index (κ3) is 4.25. The van der Waals surface area contributed by atoms with Crippen LogP contribution in [0.2, 0.25) is 0 Å². The van der Waals surface area contributed by atoms with E-state index in [0.29, 0.717) is 44.0 Å². The Hall–Kier alpha value is -4.67. The van der Waals surface area contributed by atoms with Gasteiger partial charge in [0, 0.05) is 30.5 Å². The van der Waals surface area contributed by atoms with Crippen molar-refractivity contribution in [3.63, 3.8) is 0 Å². The fourth-order valence-electron chi connectivity index (χ4n) is 5.22. The van der Waals surface area contributed by atoms with Gasteiger partial charge in [-0.05, 0) is 41.0 Å². The number of ether oxygens (including phenoxy) is 1. The summed E-state index contributed by atoms with van der Waals surface area (Å²) in [4.78, 5) is 20.3. The summed E-state index contributed by atoms with van der Waals surface area (Å²) in [5.74, 6) is 0.889. The number of morpholine rings is 1. The van der Waals surface area contributed by atoms with Crippen molar-refractivity contribution >= 4 is 16.7 Å². The van der Waals surface area contributed by atoms with Gasteiger partial charge in [-0.25, -0.2) is 4.98 Å². The van der Waals surface area contributed by atoms with Gasteiger partial charge in [-0.15, -0.1) is 0 Å². The van der Waals surface area contributed by atoms with Crippen LogP contribution >= 0.6 is 0 Å². The molecule has 1 fully saturated rings. The average Bonchev–Trinajstić information content (AvgIpc) is 3.56. The molecule has 0 spiro atoms. The average molecular weight is 502 g/mol. The molecule has 1 aliphatic heterocycles. The van der Waals surface area contributed by atoms with Crippen LogP contribution in [0.3, 0.4) is 0 Å². The number of hydrogen-bond donors (Lipinski definition) is 0. The van der Waals surface area contributed by atoms with Crippen molar-refractivity contribution in [2.24, 2.45) is 0 Å². The summed E-state index contributed by atoms with van der Waals surface area (Å²) in [5, 5.41) is 11.4. The van der Waals surface area contributed by atoms with Crippen LogP contribution in [0.1, 0.15) is 27.2 Å². The summed E-state index contributed by atoms with van der Waals surface area (Å²) in [5.41, 5.74) is 5.20. The van der Waals surface area contributed by atoms with Crippen molar-refractivity contribution in [3.05, 3.63) is 108 Å². The number of carbonyl (C=O) groups is 1. The molecule has 0 aliphatic carbocycles. The van der Waals surface area contributed by atoms with E-state index in [1.807, 2.05) is 60.5 Å². The topological polar surface area (TPSA) is 76.1 Å². The number of aromatic nitrogens is 3. The fraction of sp³-hybridized carbons (Fsp3) is 0.194. The molecule has 7 heteroatoms. The lowest BCUT2D eigenvalue weighted by molar-refractivity contribution is 0.0303. The molecular formula is C31H27N5O2. The number of nitriles is 1. The Morgan fingerprint density at radius 2 is 1.76 bits per heavy atom. The highest BCUT2D eigenvalue weighted by Crippen LogP contribution is 2.36. The zero-order valence-electron chi connectivity index (χ0n) is 21.2. The van der Waals surface area contributed by atoms with Crippen LogP contribution in [0, 0.1) is 18.3 Å². The molecule has 0 atom stereocenters. The van der Waals surface area contributed by atoms with Gasteiger partial charge in [0.05, 0.1) is 49.5 Å². The van der Waals surface area contributed by atoms with Gasteiger partial charge in [0.15, 0.2) is 0 Å². The van der Waals surface area contributed by atoms with Gasteiger partial charge in [0.2, 0.25) is 0 Å². The Balaban J connectivity index is 1.49. The number of carbonyl (C=O) groups excluding carboxylic acids is 1. The first-order valence-corrected chi connectivity index (χ1v) is 12.7. The van der Waals surface area contributed by atoms with E-state index in [1.54, 1.807) is 6.33 Å². The predicted octanol–water partition coefficient (Wildman–Crippen LogP) is 5.19. The second kappa shape index (κ2) is 10.0. The van der Waals surface area contributed by atoms with Crippen molar-refractivity contribution in [2.45, 2.75) is 13.5 Å². The molecular weight excluding hydrogens is 474 g/mol. The molecule has 0 saturated carbocycles. The quantitative estimate of drug-likeness (QED) is 0.332. The van der Waals surface area contributed by atoms with Crippen LogP contribution in [0.4, 0.5) is 0 Å². The minimum atomic E-state index is 0.0191. The van der Waals surface area contributed by atoms with Crippen molar-refractivity contribution in [1.29, 1.82) is 5.26 Å². The van der Waals surface area contributed by atoms with Gasteiger partial charge < -0.3 is 18.8 Å². The zero-order valence-corrected chi connectivity index (χ0v) is 21.2. The Kier molecular flexibility index (Phi) is 6.24. The summed E-state index contributed by atoms with van der Waals surface area (Å²) < 4.78 is 9.64. The molecule has 3 aromatic carbocycles. The predicted molar refractivity (Wildman–Crippen MR) is 146 cm³/mol. The van der Waals surface area contributed by atoms with Gasteiger partial charge in [-0.2, -0.15) is 5.26 Å². The van der Waals surface area contributed by atoms with Gasteiger partial charge in [0.25, 0.3) is 5.91 Å². The molecule has 0 radical (unpaired) electrons. The van der Waals surface area contributed by atoms with E-state index >= 15 is 0 Å². The van der Waals surface area contributed by atoms with Crippen LogP contribution in [-0.2, 0) is 11.3 Å². The van der Waals surface area contributed by atoms with Crippen LogP contribution in [0.15, 0.2) is 85.5 Å². The lowest BCUT2D eigenvalue weighted by atomic mass is 9.96. The second-order valence-electron chi connectivity index (χ2n) is 9.49. The summed E-state index contributed by atoms with van der Waals surface area (Å²) >= 11 is 0. The number of imidazole rings is 1. The van der Waals surface area contributed by atoms with Gasteiger partial charge in [-0.3, -0.25) is 4.79 Å². The van der Waals surface area contributed by atoms with E-state index in [2.05, 4.69) is 50.6 Å². The van der Waals surface area contributed by atoms with E-state index in [-0.39, 0.29) is 5.91 Å². The van der Waals surface area contributed by atoms with Gasteiger partial charge in [-0.1, -0.05) is 54.6 Å².